The molecule has 0 radical (unpaired) electrons. The zero-order chi connectivity index (χ0) is 14.8. The molecular weight excluding hydrogens is 326 g/mol. The second-order valence-electron chi connectivity index (χ2n) is 5.72. The highest BCUT2D eigenvalue weighted by molar-refractivity contribution is 9.10. The van der Waals surface area contributed by atoms with E-state index in [0.29, 0.717) is 12.0 Å². The smallest absolute Gasteiger partial charge is 0.118 e. The summed E-state index contributed by atoms with van der Waals surface area (Å²) in [5, 5.41) is 3.64. The first-order valence-corrected chi connectivity index (χ1v) is 8.12. The number of anilines is 1. The van der Waals surface area contributed by atoms with Crippen molar-refractivity contribution in [1.82, 2.24) is 0 Å². The summed E-state index contributed by atoms with van der Waals surface area (Å²) in [5.41, 5.74) is 3.89. The van der Waals surface area contributed by atoms with Crippen LogP contribution in [0.3, 0.4) is 0 Å². The first-order chi connectivity index (χ1) is 10.2. The number of benzene rings is 2. The van der Waals surface area contributed by atoms with Crippen molar-refractivity contribution in [3.05, 3.63) is 58.1 Å². The third-order valence-electron chi connectivity index (χ3n) is 4.28. The summed E-state index contributed by atoms with van der Waals surface area (Å²) in [7, 11) is 1.71. The monoisotopic (exact) mass is 345 g/mol. The van der Waals surface area contributed by atoms with Gasteiger partial charge in [-0.3, -0.25) is 0 Å². The highest BCUT2D eigenvalue weighted by Gasteiger charge is 2.30. The second-order valence-corrected chi connectivity index (χ2v) is 6.51. The van der Waals surface area contributed by atoms with Crippen LogP contribution < -0.4 is 10.1 Å². The molecule has 2 aromatic rings. The van der Waals surface area contributed by atoms with Crippen LogP contribution in [0.25, 0.3) is 0 Å². The van der Waals surface area contributed by atoms with Crippen LogP contribution in [0.4, 0.5) is 5.69 Å². The van der Waals surface area contributed by atoms with Crippen molar-refractivity contribution in [2.75, 3.05) is 12.4 Å². The van der Waals surface area contributed by atoms with Crippen LogP contribution in [-0.4, -0.2) is 13.2 Å². The molecule has 0 aromatic heterocycles. The molecule has 0 amide bonds. The van der Waals surface area contributed by atoms with Gasteiger partial charge < -0.3 is 10.1 Å². The number of hydrogen-bond acceptors (Lipinski definition) is 2. The molecule has 1 fully saturated rings. The minimum Gasteiger partial charge on any atom is -0.497 e. The number of ether oxygens (including phenoxy) is 1. The van der Waals surface area contributed by atoms with Gasteiger partial charge in [0.05, 0.1) is 7.11 Å². The van der Waals surface area contributed by atoms with Crippen molar-refractivity contribution >= 4 is 21.6 Å². The maximum absolute atomic E-state index is 5.21. The molecule has 2 nitrogen and oxygen atoms in total. The molecule has 1 aliphatic rings. The van der Waals surface area contributed by atoms with Gasteiger partial charge in [-0.2, -0.15) is 0 Å². The van der Waals surface area contributed by atoms with E-state index in [0.717, 1.165) is 5.75 Å². The van der Waals surface area contributed by atoms with Crippen LogP contribution in [0, 0.1) is 6.92 Å². The third-order valence-corrected chi connectivity index (χ3v) is 5.33. The van der Waals surface area contributed by atoms with Crippen molar-refractivity contribution in [3.8, 4) is 5.75 Å². The molecule has 0 aliphatic heterocycles. The molecule has 0 heterocycles. The molecule has 0 unspecified atom stereocenters. The van der Waals surface area contributed by atoms with Gasteiger partial charge in [0.15, 0.2) is 0 Å². The van der Waals surface area contributed by atoms with Gasteiger partial charge in [0.2, 0.25) is 0 Å². The van der Waals surface area contributed by atoms with E-state index in [9.17, 15) is 0 Å². The molecule has 2 aromatic carbocycles. The standard InChI is InChI=1S/C18H20BrNO/c1-12-4-3-5-17(18(12)19)20-15-10-14(11-15)13-6-8-16(21-2)9-7-13/h3-9,14-15,20H,10-11H2,1-2H3. The van der Waals surface area contributed by atoms with Crippen LogP contribution in [-0.2, 0) is 0 Å². The Morgan fingerprint density at radius 2 is 1.81 bits per heavy atom. The Balaban J connectivity index is 1.59. The average molecular weight is 346 g/mol. The lowest BCUT2D eigenvalue weighted by atomic mass is 9.76. The fourth-order valence-corrected chi connectivity index (χ4v) is 3.24. The molecule has 1 N–H and O–H groups in total. The summed E-state index contributed by atoms with van der Waals surface area (Å²) in [5.74, 6) is 1.59. The SMILES string of the molecule is COc1ccc(C2CC(Nc3cccc(C)c3Br)C2)cc1. The van der Waals surface area contributed by atoms with Crippen LogP contribution >= 0.6 is 15.9 Å². The topological polar surface area (TPSA) is 21.3 Å². The lowest BCUT2D eigenvalue weighted by Crippen LogP contribution is -2.34. The Hall–Kier alpha value is -1.48. The maximum atomic E-state index is 5.21. The predicted molar refractivity (Wildman–Crippen MR) is 91.3 cm³/mol. The predicted octanol–water partition coefficient (Wildman–Crippen LogP) is 5.12. The highest BCUT2D eigenvalue weighted by Crippen LogP contribution is 2.40. The molecule has 0 bridgehead atoms. The van der Waals surface area contributed by atoms with Crippen molar-refractivity contribution in [1.29, 1.82) is 0 Å². The lowest BCUT2D eigenvalue weighted by molar-refractivity contribution is 0.373. The van der Waals surface area contributed by atoms with E-state index in [1.807, 2.05) is 12.1 Å². The summed E-state index contributed by atoms with van der Waals surface area (Å²) in [6.45, 7) is 2.12. The molecule has 3 rings (SSSR count). The van der Waals surface area contributed by atoms with Crippen LogP contribution in [0.2, 0.25) is 0 Å². The number of halogens is 1. The molecular formula is C18H20BrNO. The van der Waals surface area contributed by atoms with E-state index in [4.69, 9.17) is 4.74 Å². The Morgan fingerprint density at radius 1 is 1.10 bits per heavy atom. The van der Waals surface area contributed by atoms with E-state index in [1.165, 1.54) is 34.1 Å². The third kappa shape index (κ3) is 3.08. The Morgan fingerprint density at radius 3 is 2.48 bits per heavy atom. The first-order valence-electron chi connectivity index (χ1n) is 7.33. The quantitative estimate of drug-likeness (QED) is 0.829. The van der Waals surface area contributed by atoms with Crippen molar-refractivity contribution in [2.24, 2.45) is 0 Å². The molecule has 0 atom stereocenters. The Kier molecular flexibility index (Phi) is 4.20. The maximum Gasteiger partial charge on any atom is 0.118 e. The second kappa shape index (κ2) is 6.10. The van der Waals surface area contributed by atoms with Crippen molar-refractivity contribution < 1.29 is 4.74 Å². The summed E-state index contributed by atoms with van der Waals surface area (Å²) < 4.78 is 6.39. The summed E-state index contributed by atoms with van der Waals surface area (Å²) >= 11 is 3.66. The zero-order valence-corrected chi connectivity index (χ0v) is 14.0. The number of hydrogen-bond donors (Lipinski definition) is 1. The molecule has 1 aliphatic carbocycles. The van der Waals surface area contributed by atoms with Crippen molar-refractivity contribution in [2.45, 2.75) is 31.7 Å². The van der Waals surface area contributed by atoms with Crippen LogP contribution in [0.1, 0.15) is 29.9 Å². The fraction of sp³-hybridized carbons (Fsp3) is 0.333. The lowest BCUT2D eigenvalue weighted by Gasteiger charge is -2.37. The normalized spacial score (nSPS) is 20.7. The minimum absolute atomic E-state index is 0.565. The van der Waals surface area contributed by atoms with E-state index in [1.54, 1.807) is 7.11 Å². The molecule has 3 heteroatoms. The first kappa shape index (κ1) is 14.5. The molecule has 21 heavy (non-hydrogen) atoms. The Bertz CT molecular complexity index is 618. The largest absolute Gasteiger partial charge is 0.497 e. The number of rotatable bonds is 4. The van der Waals surface area contributed by atoms with Crippen LogP contribution in [0.15, 0.2) is 46.9 Å². The van der Waals surface area contributed by atoms with Crippen LogP contribution in [0.5, 0.6) is 5.75 Å². The molecule has 0 spiro atoms. The Labute approximate surface area is 134 Å². The summed E-state index contributed by atoms with van der Waals surface area (Å²) in [6, 6.07) is 15.4. The van der Waals surface area contributed by atoms with Gasteiger partial charge in [-0.15, -0.1) is 0 Å². The zero-order valence-electron chi connectivity index (χ0n) is 12.4. The minimum atomic E-state index is 0.565. The molecule has 110 valence electrons. The summed E-state index contributed by atoms with van der Waals surface area (Å²) in [4.78, 5) is 0. The number of methoxy groups -OCH3 is 1. The molecule has 1 saturated carbocycles. The molecule has 0 saturated heterocycles. The fourth-order valence-electron chi connectivity index (χ4n) is 2.86. The highest BCUT2D eigenvalue weighted by atomic mass is 79.9. The van der Waals surface area contributed by atoms with Gasteiger partial charge in [0.1, 0.15) is 5.75 Å². The van der Waals surface area contributed by atoms with Gasteiger partial charge in [0, 0.05) is 16.2 Å². The number of nitrogens with one attached hydrogen (secondary N) is 1. The average Bonchev–Trinajstić information content (AvgIpc) is 2.47. The van der Waals surface area contributed by atoms with Gasteiger partial charge >= 0.3 is 0 Å². The van der Waals surface area contributed by atoms with Gasteiger partial charge in [0.25, 0.3) is 0 Å². The summed E-state index contributed by atoms with van der Waals surface area (Å²) in [6.07, 6.45) is 2.37. The number of aryl methyl sites for hydroxylation is 1. The van der Waals surface area contributed by atoms with Gasteiger partial charge in [-0.05, 0) is 70.9 Å². The van der Waals surface area contributed by atoms with Crippen molar-refractivity contribution in [3.63, 3.8) is 0 Å². The van der Waals surface area contributed by atoms with E-state index < -0.39 is 0 Å². The van der Waals surface area contributed by atoms with E-state index in [2.05, 4.69) is 58.5 Å². The van der Waals surface area contributed by atoms with E-state index >= 15 is 0 Å². The van der Waals surface area contributed by atoms with Gasteiger partial charge in [-0.25, -0.2) is 0 Å². The van der Waals surface area contributed by atoms with E-state index in [-0.39, 0.29) is 0 Å². The van der Waals surface area contributed by atoms with Gasteiger partial charge in [-0.1, -0.05) is 24.3 Å².